The summed E-state index contributed by atoms with van der Waals surface area (Å²) in [6.07, 6.45) is 1.45. The first-order chi connectivity index (χ1) is 4.57. The van der Waals surface area contributed by atoms with Gasteiger partial charge in [0.1, 0.15) is 6.10 Å². The van der Waals surface area contributed by atoms with E-state index in [-0.39, 0.29) is 6.10 Å². The Hall–Kier alpha value is -0.600. The molecule has 0 bridgehead atoms. The van der Waals surface area contributed by atoms with Gasteiger partial charge in [-0.3, -0.25) is 5.26 Å². The quantitative estimate of drug-likeness (QED) is 0.372. The number of rotatable bonds is 3. The molecule has 0 aromatic heterocycles. The highest BCUT2D eigenvalue weighted by atomic mass is 17.1. The van der Waals surface area contributed by atoms with Gasteiger partial charge >= 0.3 is 0 Å². The first kappa shape index (κ1) is 9.40. The lowest BCUT2D eigenvalue weighted by Crippen LogP contribution is -2.08. The first-order valence-corrected chi connectivity index (χ1v) is 3.18. The van der Waals surface area contributed by atoms with Crippen molar-refractivity contribution in [2.24, 2.45) is 0 Å². The molecule has 0 aliphatic carbocycles. The fourth-order valence-electron chi connectivity index (χ4n) is 0.565. The van der Waals surface area contributed by atoms with Crippen molar-refractivity contribution < 1.29 is 10.1 Å². The SMILES string of the molecule is C=C(C)C(C=C(C)C)OO. The standard InChI is InChI=1S/C8H14O2/c1-6(2)5-8(10-9)7(3)4/h5,8-9H,3H2,1-2,4H3. The molecule has 1 unspecified atom stereocenters. The Labute approximate surface area is 61.8 Å². The van der Waals surface area contributed by atoms with Gasteiger partial charge in [0.2, 0.25) is 0 Å². The molecule has 10 heavy (non-hydrogen) atoms. The lowest BCUT2D eigenvalue weighted by atomic mass is 10.1. The molecule has 0 saturated heterocycles. The summed E-state index contributed by atoms with van der Waals surface area (Å²) < 4.78 is 0. The Kier molecular flexibility index (Phi) is 4.00. The Balaban J connectivity index is 4.09. The molecule has 1 N–H and O–H groups in total. The highest BCUT2D eigenvalue weighted by Crippen LogP contribution is 2.06. The fourth-order valence-corrected chi connectivity index (χ4v) is 0.565. The van der Waals surface area contributed by atoms with Gasteiger partial charge in [-0.2, -0.15) is 0 Å². The second-order valence-electron chi connectivity index (χ2n) is 2.62. The highest BCUT2D eigenvalue weighted by Gasteiger charge is 2.03. The van der Waals surface area contributed by atoms with Crippen LogP contribution < -0.4 is 0 Å². The molecule has 58 valence electrons. The summed E-state index contributed by atoms with van der Waals surface area (Å²) in [5.41, 5.74) is 1.89. The summed E-state index contributed by atoms with van der Waals surface area (Å²) in [4.78, 5) is 4.15. The molecule has 0 fully saturated rings. The zero-order chi connectivity index (χ0) is 8.15. The van der Waals surface area contributed by atoms with Crippen LogP contribution in [0.4, 0.5) is 0 Å². The van der Waals surface area contributed by atoms with Crippen LogP contribution in [0.1, 0.15) is 20.8 Å². The maximum absolute atomic E-state index is 8.34. The molecule has 0 aliphatic heterocycles. The molecule has 0 aromatic rings. The normalized spacial score (nSPS) is 12.4. The summed E-state index contributed by atoms with van der Waals surface area (Å²) in [6, 6.07) is 0. The van der Waals surface area contributed by atoms with Crippen LogP contribution in [-0.4, -0.2) is 11.4 Å². The minimum absolute atomic E-state index is 0.356. The lowest BCUT2D eigenvalue weighted by molar-refractivity contribution is -0.256. The maximum Gasteiger partial charge on any atom is 0.132 e. The molecule has 2 heteroatoms. The molecule has 0 aliphatic rings. The van der Waals surface area contributed by atoms with Gasteiger partial charge in [0.15, 0.2) is 0 Å². The first-order valence-electron chi connectivity index (χ1n) is 3.18. The Morgan fingerprint density at radius 3 is 2.10 bits per heavy atom. The third-order valence-corrected chi connectivity index (χ3v) is 1.08. The molecule has 0 spiro atoms. The summed E-state index contributed by atoms with van der Waals surface area (Å²) in [6.45, 7) is 9.33. The number of hydrogen-bond donors (Lipinski definition) is 1. The van der Waals surface area contributed by atoms with Crippen molar-refractivity contribution in [3.8, 4) is 0 Å². The molecule has 0 rings (SSSR count). The average Bonchev–Trinajstić information content (AvgIpc) is 1.81. The fraction of sp³-hybridized carbons (Fsp3) is 0.500. The summed E-state index contributed by atoms with van der Waals surface area (Å²) in [5, 5.41) is 8.34. The monoisotopic (exact) mass is 142 g/mol. The van der Waals surface area contributed by atoms with Crippen molar-refractivity contribution in [2.45, 2.75) is 26.9 Å². The zero-order valence-corrected chi connectivity index (χ0v) is 6.72. The van der Waals surface area contributed by atoms with Crippen molar-refractivity contribution in [1.82, 2.24) is 0 Å². The van der Waals surface area contributed by atoms with Crippen molar-refractivity contribution in [2.75, 3.05) is 0 Å². The van der Waals surface area contributed by atoms with Crippen LogP contribution in [0.15, 0.2) is 23.8 Å². The van der Waals surface area contributed by atoms with E-state index < -0.39 is 0 Å². The van der Waals surface area contributed by atoms with Gasteiger partial charge in [-0.15, -0.1) is 0 Å². The smallest absolute Gasteiger partial charge is 0.132 e. The van der Waals surface area contributed by atoms with Crippen LogP contribution in [-0.2, 0) is 4.89 Å². The van der Waals surface area contributed by atoms with E-state index in [1.807, 2.05) is 19.9 Å². The average molecular weight is 142 g/mol. The minimum atomic E-state index is -0.356. The van der Waals surface area contributed by atoms with Gasteiger partial charge in [0.05, 0.1) is 0 Å². The van der Waals surface area contributed by atoms with Crippen LogP contribution in [0.2, 0.25) is 0 Å². The van der Waals surface area contributed by atoms with Gasteiger partial charge in [0.25, 0.3) is 0 Å². The second-order valence-corrected chi connectivity index (χ2v) is 2.62. The van der Waals surface area contributed by atoms with Crippen LogP contribution in [0, 0.1) is 0 Å². The topological polar surface area (TPSA) is 29.5 Å². The van der Waals surface area contributed by atoms with E-state index >= 15 is 0 Å². The Bertz CT molecular complexity index is 143. The Morgan fingerprint density at radius 2 is 2.00 bits per heavy atom. The lowest BCUT2D eigenvalue weighted by Gasteiger charge is -2.07. The van der Waals surface area contributed by atoms with E-state index in [9.17, 15) is 0 Å². The molecule has 0 saturated carbocycles. The number of hydrogen-bond acceptors (Lipinski definition) is 2. The molecular formula is C8H14O2. The third-order valence-electron chi connectivity index (χ3n) is 1.08. The van der Waals surface area contributed by atoms with E-state index in [1.165, 1.54) is 0 Å². The second kappa shape index (κ2) is 4.25. The van der Waals surface area contributed by atoms with Gasteiger partial charge in [-0.05, 0) is 32.4 Å². The molecule has 1 atom stereocenters. The van der Waals surface area contributed by atoms with Crippen LogP contribution in [0.3, 0.4) is 0 Å². The van der Waals surface area contributed by atoms with E-state index in [0.717, 1.165) is 11.1 Å². The molecule has 0 radical (unpaired) electrons. The predicted octanol–water partition coefficient (Wildman–Crippen LogP) is 2.39. The summed E-state index contributed by atoms with van der Waals surface area (Å²) in [5.74, 6) is 0. The number of allylic oxidation sites excluding steroid dienone is 1. The van der Waals surface area contributed by atoms with Crippen molar-refractivity contribution in [3.05, 3.63) is 23.8 Å². The minimum Gasteiger partial charge on any atom is -0.251 e. The van der Waals surface area contributed by atoms with Gasteiger partial charge in [-0.25, -0.2) is 4.89 Å². The van der Waals surface area contributed by atoms with Crippen molar-refractivity contribution >= 4 is 0 Å². The zero-order valence-electron chi connectivity index (χ0n) is 6.72. The van der Waals surface area contributed by atoms with Crippen LogP contribution in [0.5, 0.6) is 0 Å². The van der Waals surface area contributed by atoms with Crippen molar-refractivity contribution in [3.63, 3.8) is 0 Å². The van der Waals surface area contributed by atoms with Gasteiger partial charge < -0.3 is 0 Å². The van der Waals surface area contributed by atoms with Gasteiger partial charge in [0, 0.05) is 0 Å². The van der Waals surface area contributed by atoms with Crippen LogP contribution in [0.25, 0.3) is 0 Å². The van der Waals surface area contributed by atoms with E-state index in [2.05, 4.69) is 11.5 Å². The van der Waals surface area contributed by atoms with Gasteiger partial charge in [-0.1, -0.05) is 12.2 Å². The molecule has 0 aromatic carbocycles. The summed E-state index contributed by atoms with van der Waals surface area (Å²) in [7, 11) is 0. The predicted molar refractivity (Wildman–Crippen MR) is 41.7 cm³/mol. The molecule has 0 amide bonds. The molecule has 2 nitrogen and oxygen atoms in total. The van der Waals surface area contributed by atoms with E-state index in [1.54, 1.807) is 6.92 Å². The maximum atomic E-state index is 8.34. The largest absolute Gasteiger partial charge is 0.251 e. The van der Waals surface area contributed by atoms with E-state index in [0.29, 0.717) is 0 Å². The van der Waals surface area contributed by atoms with Crippen molar-refractivity contribution in [1.29, 1.82) is 0 Å². The highest BCUT2D eigenvalue weighted by molar-refractivity contribution is 5.11. The Morgan fingerprint density at radius 1 is 1.50 bits per heavy atom. The summed E-state index contributed by atoms with van der Waals surface area (Å²) >= 11 is 0. The van der Waals surface area contributed by atoms with E-state index in [4.69, 9.17) is 5.26 Å². The molecule has 0 heterocycles. The molecular weight excluding hydrogens is 128 g/mol. The third kappa shape index (κ3) is 3.43. The van der Waals surface area contributed by atoms with Crippen LogP contribution >= 0.6 is 0 Å².